The van der Waals surface area contributed by atoms with Crippen LogP contribution in [0.25, 0.3) is 0 Å². The number of aliphatic hydroxyl groups excluding tert-OH is 1. The van der Waals surface area contributed by atoms with Crippen LogP contribution in [0.4, 0.5) is 0 Å². The number of hydrogen-bond donors (Lipinski definition) is 2. The van der Waals surface area contributed by atoms with Crippen LogP contribution in [0, 0.1) is 5.92 Å². The quantitative estimate of drug-likeness (QED) is 0.167. The zero-order valence-electron chi connectivity index (χ0n) is 24.4. The van der Waals surface area contributed by atoms with Gasteiger partial charge in [0.2, 0.25) is 0 Å². The number of carboxylic acids is 1. The highest BCUT2D eigenvalue weighted by Gasteiger charge is 2.15. The van der Waals surface area contributed by atoms with Gasteiger partial charge in [0, 0.05) is 17.9 Å². The van der Waals surface area contributed by atoms with Gasteiger partial charge in [0.25, 0.3) is 0 Å². The van der Waals surface area contributed by atoms with Crippen LogP contribution in [0.5, 0.6) is 0 Å². The van der Waals surface area contributed by atoms with Gasteiger partial charge in [-0.1, -0.05) is 115 Å². The summed E-state index contributed by atoms with van der Waals surface area (Å²) in [5.41, 5.74) is 7.30. The van der Waals surface area contributed by atoms with Crippen molar-refractivity contribution in [1.82, 2.24) is 0 Å². The van der Waals surface area contributed by atoms with Gasteiger partial charge in [-0.2, -0.15) is 0 Å². The molecule has 0 fully saturated rings. The number of carbonyl (C=O) groups is 2. The van der Waals surface area contributed by atoms with Crippen LogP contribution in [0.15, 0.2) is 128 Å². The number of rotatable bonds is 14. The lowest BCUT2D eigenvalue weighted by Gasteiger charge is -2.13. The molecule has 0 radical (unpaired) electrons. The van der Waals surface area contributed by atoms with Crippen molar-refractivity contribution in [3.63, 3.8) is 0 Å². The van der Waals surface area contributed by atoms with Crippen molar-refractivity contribution in [2.75, 3.05) is 6.61 Å². The van der Waals surface area contributed by atoms with Crippen LogP contribution in [0.1, 0.15) is 56.9 Å². The van der Waals surface area contributed by atoms with Crippen LogP contribution in [-0.2, 0) is 22.7 Å². The largest absolute Gasteiger partial charge is 0.545 e. The SMILES string of the molecule is C[C@@H]([NH3+])[C@@H](O)c1ccccc1.O=C([O-])c1ccc(C(=O)CC(/C=C/OCc2ccccc2)COCc2ccccc2)cc1. The van der Waals surface area contributed by atoms with Gasteiger partial charge in [0.1, 0.15) is 18.8 Å². The lowest BCUT2D eigenvalue weighted by molar-refractivity contribution is -0.433. The van der Waals surface area contributed by atoms with Gasteiger partial charge >= 0.3 is 0 Å². The zero-order chi connectivity index (χ0) is 30.9. The minimum Gasteiger partial charge on any atom is -0.545 e. The fourth-order valence-corrected chi connectivity index (χ4v) is 4.10. The number of carboxylic acid groups (broad SMARTS) is 1. The first-order valence-corrected chi connectivity index (χ1v) is 14.2. The maximum atomic E-state index is 12.7. The first kappa shape index (κ1) is 32.9. The molecule has 4 aromatic rings. The van der Waals surface area contributed by atoms with Gasteiger partial charge < -0.3 is 30.2 Å². The van der Waals surface area contributed by atoms with Crippen molar-refractivity contribution in [3.05, 3.63) is 155 Å². The zero-order valence-corrected chi connectivity index (χ0v) is 24.4. The molecule has 1 unspecified atom stereocenters. The summed E-state index contributed by atoms with van der Waals surface area (Å²) in [5.74, 6) is -1.56. The first-order chi connectivity index (χ1) is 20.8. The number of Topliss-reactive ketones (excluding diaryl/α,β-unsaturated/α-hetero) is 1. The predicted molar refractivity (Wildman–Crippen MR) is 163 cm³/mol. The Kier molecular flexibility index (Phi) is 13.9. The number of benzene rings is 4. The number of quaternary nitrogens is 1. The Morgan fingerprint density at radius 2 is 1.30 bits per heavy atom. The third-order valence-corrected chi connectivity index (χ3v) is 6.55. The number of ether oxygens (including phenoxy) is 2. The number of carbonyl (C=O) groups excluding carboxylic acids is 2. The van der Waals surface area contributed by atoms with E-state index < -0.39 is 12.1 Å². The fourth-order valence-electron chi connectivity index (χ4n) is 4.10. The maximum Gasteiger partial charge on any atom is 0.163 e. The molecule has 43 heavy (non-hydrogen) atoms. The topological polar surface area (TPSA) is 124 Å². The van der Waals surface area contributed by atoms with Gasteiger partial charge in [-0.05, 0) is 35.3 Å². The molecule has 0 heterocycles. The van der Waals surface area contributed by atoms with E-state index in [2.05, 4.69) is 5.73 Å². The molecule has 4 N–H and O–H groups in total. The summed E-state index contributed by atoms with van der Waals surface area (Å²) in [4.78, 5) is 23.6. The van der Waals surface area contributed by atoms with Crippen LogP contribution >= 0.6 is 0 Å². The molecule has 0 saturated carbocycles. The Bertz CT molecular complexity index is 1390. The van der Waals surface area contributed by atoms with E-state index in [9.17, 15) is 19.8 Å². The summed E-state index contributed by atoms with van der Waals surface area (Å²) < 4.78 is 11.5. The molecule has 0 aromatic heterocycles. The summed E-state index contributed by atoms with van der Waals surface area (Å²) in [7, 11) is 0. The monoisotopic (exact) mass is 581 g/mol. The second-order valence-corrected chi connectivity index (χ2v) is 10.2. The lowest BCUT2D eigenvalue weighted by Crippen LogP contribution is -2.61. The van der Waals surface area contributed by atoms with E-state index in [1.165, 1.54) is 24.3 Å². The second kappa shape index (κ2) is 18.1. The van der Waals surface area contributed by atoms with Gasteiger partial charge in [0.15, 0.2) is 5.78 Å². The highest BCUT2D eigenvalue weighted by molar-refractivity contribution is 5.97. The number of aromatic carboxylic acids is 1. The molecule has 0 aliphatic heterocycles. The average Bonchev–Trinajstić information content (AvgIpc) is 3.04. The fraction of sp³-hybridized carbons (Fsp3) is 0.222. The smallest absolute Gasteiger partial charge is 0.163 e. The second-order valence-electron chi connectivity index (χ2n) is 10.2. The minimum atomic E-state index is -1.27. The maximum absolute atomic E-state index is 12.7. The number of hydrogen-bond acceptors (Lipinski definition) is 6. The molecular weight excluding hydrogens is 542 g/mol. The van der Waals surface area contributed by atoms with E-state index in [4.69, 9.17) is 9.47 Å². The molecule has 0 aliphatic carbocycles. The van der Waals surface area contributed by atoms with Gasteiger partial charge in [-0.15, -0.1) is 0 Å². The third kappa shape index (κ3) is 12.1. The van der Waals surface area contributed by atoms with E-state index in [0.717, 1.165) is 16.7 Å². The summed E-state index contributed by atoms with van der Waals surface area (Å²) in [6.07, 6.45) is 3.22. The molecule has 0 amide bonds. The van der Waals surface area contributed by atoms with Gasteiger partial charge in [-0.25, -0.2) is 0 Å². The Balaban J connectivity index is 0.000000386. The van der Waals surface area contributed by atoms with Crippen LogP contribution in [0.3, 0.4) is 0 Å². The summed E-state index contributed by atoms with van der Waals surface area (Å²) in [6, 6.07) is 35.0. The number of aliphatic hydroxyl groups is 1. The van der Waals surface area contributed by atoms with Crippen molar-refractivity contribution < 1.29 is 35.0 Å². The Morgan fingerprint density at radius 1 is 0.791 bits per heavy atom. The Labute approximate surface area is 253 Å². The average molecular weight is 582 g/mol. The normalized spacial score (nSPS) is 12.9. The molecule has 0 spiro atoms. The molecule has 0 saturated heterocycles. The van der Waals surface area contributed by atoms with Crippen LogP contribution in [-0.4, -0.2) is 29.5 Å². The lowest BCUT2D eigenvalue weighted by atomic mass is 9.98. The Hall–Kier alpha value is -4.56. The van der Waals surface area contributed by atoms with E-state index in [1.807, 2.05) is 104 Å². The molecule has 7 nitrogen and oxygen atoms in total. The van der Waals surface area contributed by atoms with Crippen LogP contribution < -0.4 is 10.8 Å². The van der Waals surface area contributed by atoms with E-state index in [1.54, 1.807) is 6.26 Å². The van der Waals surface area contributed by atoms with Gasteiger partial charge in [-0.3, -0.25) is 4.79 Å². The molecule has 224 valence electrons. The molecular formula is C36H39NO6. The summed E-state index contributed by atoms with van der Waals surface area (Å²) in [6.45, 7) is 3.14. The van der Waals surface area contributed by atoms with E-state index >= 15 is 0 Å². The van der Waals surface area contributed by atoms with Crippen molar-refractivity contribution in [2.24, 2.45) is 5.92 Å². The predicted octanol–water partition coefficient (Wildman–Crippen LogP) is 4.54. The molecule has 4 rings (SSSR count). The molecule has 7 heteroatoms. The van der Waals surface area contributed by atoms with E-state index in [-0.39, 0.29) is 29.7 Å². The molecule has 0 aliphatic rings. The summed E-state index contributed by atoms with van der Waals surface area (Å²) >= 11 is 0. The van der Waals surface area contributed by atoms with Gasteiger partial charge in [0.05, 0.1) is 25.4 Å². The molecule has 0 bridgehead atoms. The van der Waals surface area contributed by atoms with Crippen molar-refractivity contribution in [2.45, 2.75) is 38.7 Å². The first-order valence-electron chi connectivity index (χ1n) is 14.2. The number of ketones is 1. The van der Waals surface area contributed by atoms with Crippen molar-refractivity contribution in [1.29, 1.82) is 0 Å². The highest BCUT2D eigenvalue weighted by Crippen LogP contribution is 2.16. The van der Waals surface area contributed by atoms with Crippen LogP contribution in [0.2, 0.25) is 0 Å². The molecule has 3 atom stereocenters. The summed E-state index contributed by atoms with van der Waals surface area (Å²) in [5, 5.41) is 20.4. The third-order valence-electron chi connectivity index (χ3n) is 6.55. The highest BCUT2D eigenvalue weighted by atomic mass is 16.5. The van der Waals surface area contributed by atoms with Crippen molar-refractivity contribution in [3.8, 4) is 0 Å². The standard InChI is InChI=1S/C27H26O5.C9H13NO/c28-26(24-11-13-25(14-12-24)27(29)30)17-23(20-32-19-22-9-5-2-6-10-22)15-16-31-18-21-7-3-1-4-8-21;1-7(10)9(11)8-5-3-2-4-6-8/h1-16,23H,17-20H2,(H,29,30);2-7,9,11H,10H2,1H3/b16-15+;/t;7-,9-/m.1/s1. The molecule has 4 aromatic carbocycles. The van der Waals surface area contributed by atoms with Crippen molar-refractivity contribution >= 4 is 11.8 Å². The minimum absolute atomic E-state index is 0.0393. The van der Waals surface area contributed by atoms with E-state index in [0.29, 0.717) is 25.4 Å². The Morgan fingerprint density at radius 3 is 1.84 bits per heavy atom.